The quantitative estimate of drug-likeness (QED) is 0.345. The first-order valence-corrected chi connectivity index (χ1v) is 11.0. The molecule has 0 bridgehead atoms. The number of hydrogen-bond donors (Lipinski definition) is 0. The zero-order chi connectivity index (χ0) is 23.4. The van der Waals surface area contributed by atoms with Crippen LogP contribution in [0.25, 0.3) is 28.4 Å². The lowest BCUT2D eigenvalue weighted by Gasteiger charge is -2.17. The van der Waals surface area contributed by atoms with Crippen molar-refractivity contribution in [1.82, 2.24) is 9.66 Å². The minimum Gasteiger partial charge on any atom is -0.496 e. The van der Waals surface area contributed by atoms with E-state index in [1.54, 1.807) is 19.4 Å². The van der Waals surface area contributed by atoms with Gasteiger partial charge in [0.25, 0.3) is 5.56 Å². The Bertz CT molecular complexity index is 1400. The van der Waals surface area contributed by atoms with Crippen LogP contribution in [0.4, 0.5) is 0 Å². The van der Waals surface area contributed by atoms with Crippen LogP contribution in [0.5, 0.6) is 5.75 Å². The maximum atomic E-state index is 13.4. The predicted octanol–water partition coefficient (Wildman–Crippen LogP) is 6.05. The van der Waals surface area contributed by atoms with Crippen molar-refractivity contribution in [2.45, 2.75) is 26.7 Å². The highest BCUT2D eigenvalue weighted by atomic mass is 16.5. The van der Waals surface area contributed by atoms with Crippen molar-refractivity contribution in [2.75, 3.05) is 7.11 Å². The molecule has 0 unspecified atom stereocenters. The minimum absolute atomic E-state index is 0.207. The van der Waals surface area contributed by atoms with Gasteiger partial charge in [0.2, 0.25) is 0 Å². The fourth-order valence-electron chi connectivity index (χ4n) is 3.80. The van der Waals surface area contributed by atoms with Crippen molar-refractivity contribution in [3.05, 3.63) is 99.9 Å². The van der Waals surface area contributed by atoms with Gasteiger partial charge in [0.1, 0.15) is 5.75 Å². The maximum Gasteiger partial charge on any atom is 0.282 e. The number of ether oxygens (including phenoxy) is 1. The third-order valence-corrected chi connectivity index (χ3v) is 5.55. The zero-order valence-corrected chi connectivity index (χ0v) is 19.3. The molecule has 0 radical (unpaired) electrons. The fourth-order valence-corrected chi connectivity index (χ4v) is 3.80. The predicted molar refractivity (Wildman–Crippen MR) is 136 cm³/mol. The van der Waals surface area contributed by atoms with E-state index < -0.39 is 0 Å². The van der Waals surface area contributed by atoms with Crippen LogP contribution in [0, 0.1) is 6.92 Å². The molecule has 0 aliphatic rings. The topological polar surface area (TPSA) is 56.5 Å². The van der Waals surface area contributed by atoms with E-state index in [1.165, 1.54) is 4.68 Å². The zero-order valence-electron chi connectivity index (χ0n) is 19.3. The van der Waals surface area contributed by atoms with E-state index in [9.17, 15) is 4.79 Å². The maximum absolute atomic E-state index is 13.4. The first-order valence-electron chi connectivity index (χ1n) is 11.0. The summed E-state index contributed by atoms with van der Waals surface area (Å²) in [5.74, 6) is 1.58. The molecule has 5 heteroatoms. The molecule has 1 heterocycles. The number of rotatable bonds is 6. The number of methoxy groups -OCH3 is 1. The van der Waals surface area contributed by atoms with Crippen molar-refractivity contribution >= 4 is 23.2 Å². The highest BCUT2D eigenvalue weighted by molar-refractivity contribution is 5.82. The largest absolute Gasteiger partial charge is 0.496 e. The first-order chi connectivity index (χ1) is 16.0. The molecule has 1 aromatic heterocycles. The molecule has 4 rings (SSSR count). The lowest BCUT2D eigenvalue weighted by atomic mass is 9.96. The van der Waals surface area contributed by atoms with Crippen molar-refractivity contribution in [3.63, 3.8) is 0 Å². The summed E-state index contributed by atoms with van der Waals surface area (Å²) < 4.78 is 6.98. The minimum atomic E-state index is -0.207. The molecular weight excluding hydrogens is 410 g/mol. The van der Waals surface area contributed by atoms with Gasteiger partial charge in [0.15, 0.2) is 5.82 Å². The standard InChI is InChI=1S/C28H27N3O2/c1-19(2)23-18-24(20(3)17-26(23)33-4)27-30-25-15-9-8-14-22(25)28(32)31(27)29-16-10-13-21-11-6-5-7-12-21/h5-19H,1-4H3/b13-10+,29-16?. The van der Waals surface area contributed by atoms with Crippen LogP contribution in [-0.4, -0.2) is 23.0 Å². The second-order valence-corrected chi connectivity index (χ2v) is 8.17. The normalized spacial score (nSPS) is 11.8. The second-order valence-electron chi connectivity index (χ2n) is 8.17. The van der Waals surface area contributed by atoms with Crippen LogP contribution >= 0.6 is 0 Å². The molecule has 0 aliphatic carbocycles. The summed E-state index contributed by atoms with van der Waals surface area (Å²) in [4.78, 5) is 18.2. The monoisotopic (exact) mass is 437 g/mol. The third kappa shape index (κ3) is 4.62. The Morgan fingerprint density at radius 3 is 2.48 bits per heavy atom. The lowest BCUT2D eigenvalue weighted by Crippen LogP contribution is -2.20. The van der Waals surface area contributed by atoms with Gasteiger partial charge >= 0.3 is 0 Å². The van der Waals surface area contributed by atoms with E-state index in [4.69, 9.17) is 9.72 Å². The van der Waals surface area contributed by atoms with Crippen molar-refractivity contribution in [3.8, 4) is 17.1 Å². The molecule has 0 saturated carbocycles. The molecule has 0 saturated heterocycles. The van der Waals surface area contributed by atoms with Gasteiger partial charge in [-0.2, -0.15) is 9.78 Å². The van der Waals surface area contributed by atoms with E-state index in [-0.39, 0.29) is 11.5 Å². The molecule has 0 atom stereocenters. The summed E-state index contributed by atoms with van der Waals surface area (Å²) >= 11 is 0. The van der Waals surface area contributed by atoms with Gasteiger partial charge in [-0.25, -0.2) is 4.98 Å². The summed E-state index contributed by atoms with van der Waals surface area (Å²) in [7, 11) is 1.67. The Kier molecular flexibility index (Phi) is 6.50. The molecule has 0 aliphatic heterocycles. The summed E-state index contributed by atoms with van der Waals surface area (Å²) in [5, 5.41) is 5.03. The van der Waals surface area contributed by atoms with Crippen molar-refractivity contribution < 1.29 is 4.74 Å². The second kappa shape index (κ2) is 9.65. The number of nitrogens with zero attached hydrogens (tertiary/aromatic N) is 3. The molecular formula is C28H27N3O2. The van der Waals surface area contributed by atoms with Gasteiger partial charge in [0.05, 0.1) is 18.0 Å². The smallest absolute Gasteiger partial charge is 0.282 e. The Labute approximate surface area is 193 Å². The summed E-state index contributed by atoms with van der Waals surface area (Å²) in [6.45, 7) is 6.22. The van der Waals surface area contributed by atoms with Crippen molar-refractivity contribution in [2.24, 2.45) is 5.10 Å². The number of aromatic nitrogens is 2. The lowest BCUT2D eigenvalue weighted by molar-refractivity contribution is 0.407. The summed E-state index contributed by atoms with van der Waals surface area (Å²) in [6.07, 6.45) is 5.38. The van der Waals surface area contributed by atoms with Crippen LogP contribution in [0.15, 0.2) is 82.7 Å². The Morgan fingerprint density at radius 2 is 1.76 bits per heavy atom. The van der Waals surface area contributed by atoms with Gasteiger partial charge in [-0.1, -0.05) is 62.4 Å². The van der Waals surface area contributed by atoms with Crippen LogP contribution < -0.4 is 10.3 Å². The van der Waals surface area contributed by atoms with E-state index in [0.717, 1.165) is 28.0 Å². The molecule has 0 spiro atoms. The van der Waals surface area contributed by atoms with E-state index in [2.05, 4.69) is 25.0 Å². The van der Waals surface area contributed by atoms with E-state index >= 15 is 0 Å². The van der Waals surface area contributed by atoms with Crippen molar-refractivity contribution in [1.29, 1.82) is 0 Å². The summed E-state index contributed by atoms with van der Waals surface area (Å²) in [6, 6.07) is 21.3. The number of fused-ring (bicyclic) bond motifs is 1. The fraction of sp³-hybridized carbons (Fsp3) is 0.179. The Balaban J connectivity index is 1.89. The number of para-hydroxylation sites is 1. The van der Waals surface area contributed by atoms with Gasteiger partial charge in [-0.15, -0.1) is 0 Å². The molecule has 3 aromatic carbocycles. The molecule has 5 nitrogen and oxygen atoms in total. The molecule has 33 heavy (non-hydrogen) atoms. The van der Waals surface area contributed by atoms with Gasteiger partial charge in [-0.05, 0) is 59.9 Å². The Hall–Kier alpha value is -3.99. The number of hydrogen-bond acceptors (Lipinski definition) is 4. The number of benzene rings is 3. The van der Waals surface area contributed by atoms with Gasteiger partial charge in [-0.3, -0.25) is 4.79 Å². The molecule has 0 N–H and O–H groups in total. The Morgan fingerprint density at radius 1 is 1.03 bits per heavy atom. The highest BCUT2D eigenvalue weighted by Crippen LogP contribution is 2.34. The highest BCUT2D eigenvalue weighted by Gasteiger charge is 2.18. The van der Waals surface area contributed by atoms with E-state index in [1.807, 2.05) is 73.7 Å². The molecule has 4 aromatic rings. The number of allylic oxidation sites excluding steroid dienone is 1. The van der Waals surface area contributed by atoms with Gasteiger partial charge < -0.3 is 4.74 Å². The van der Waals surface area contributed by atoms with Crippen LogP contribution in [-0.2, 0) is 0 Å². The number of aryl methyl sites for hydroxylation is 1. The molecule has 0 amide bonds. The summed E-state index contributed by atoms with van der Waals surface area (Å²) in [5.41, 5.74) is 4.36. The van der Waals surface area contributed by atoms with E-state index in [0.29, 0.717) is 16.7 Å². The van der Waals surface area contributed by atoms with Gasteiger partial charge in [0, 0.05) is 11.8 Å². The molecule has 0 fully saturated rings. The average molecular weight is 438 g/mol. The van der Waals surface area contributed by atoms with Crippen LogP contribution in [0.2, 0.25) is 0 Å². The average Bonchev–Trinajstić information content (AvgIpc) is 2.83. The van der Waals surface area contributed by atoms with Crippen LogP contribution in [0.1, 0.15) is 36.5 Å². The SMILES string of the molecule is COc1cc(C)c(-c2nc3ccccc3c(=O)n2N=C/C=C/c2ccccc2)cc1C(C)C. The molecule has 166 valence electrons. The van der Waals surface area contributed by atoms with Crippen LogP contribution in [0.3, 0.4) is 0 Å². The first kappa shape index (κ1) is 22.2. The third-order valence-electron chi connectivity index (χ3n) is 5.55.